The molecular weight excluding hydrogens is 304 g/mol. The van der Waals surface area contributed by atoms with Gasteiger partial charge in [0.2, 0.25) is 0 Å². The third kappa shape index (κ3) is 3.55. The summed E-state index contributed by atoms with van der Waals surface area (Å²) in [6, 6.07) is 15.7. The van der Waals surface area contributed by atoms with Crippen molar-refractivity contribution in [2.75, 3.05) is 0 Å². The van der Waals surface area contributed by atoms with Gasteiger partial charge in [0, 0.05) is 6.08 Å². The molecule has 96 valence electrons. The molecule has 0 fully saturated rings. The molecule has 0 bridgehead atoms. The molecule has 0 unspecified atom stereocenters. The first-order valence-electron chi connectivity index (χ1n) is 5.86. The molecule has 0 aromatic heterocycles. The molecule has 0 amide bonds. The molecule has 0 aliphatic carbocycles. The smallest absolute Gasteiger partial charge is 0.335 e. The summed E-state index contributed by atoms with van der Waals surface area (Å²) in [5.41, 5.74) is 2.27. The van der Waals surface area contributed by atoms with E-state index in [1.54, 1.807) is 6.07 Å². The molecule has 2 nitrogen and oxygen atoms in total. The first-order chi connectivity index (χ1) is 9.20. The van der Waals surface area contributed by atoms with Crippen LogP contribution in [0, 0.1) is 0 Å². The minimum atomic E-state index is -0.461. The van der Waals surface area contributed by atoms with E-state index in [0.29, 0.717) is 5.75 Å². The highest BCUT2D eigenvalue weighted by molar-refractivity contribution is 9.10. The van der Waals surface area contributed by atoms with E-state index in [1.165, 1.54) is 5.56 Å². The maximum absolute atomic E-state index is 11.2. The van der Waals surface area contributed by atoms with Crippen LogP contribution < -0.4 is 4.74 Å². The molecule has 0 spiro atoms. The highest BCUT2D eigenvalue weighted by Crippen LogP contribution is 2.30. The molecule has 0 aliphatic rings. The van der Waals surface area contributed by atoms with Crippen LogP contribution in [-0.4, -0.2) is 5.97 Å². The van der Waals surface area contributed by atoms with Gasteiger partial charge in [0.1, 0.15) is 5.75 Å². The minimum absolute atomic E-state index is 0.461. The SMILES string of the molecule is C=CC(=O)Oc1cccc(Cc2ccccc2)c1Br. The highest BCUT2D eigenvalue weighted by atomic mass is 79.9. The van der Waals surface area contributed by atoms with Crippen molar-refractivity contribution in [1.82, 2.24) is 0 Å². The Kier molecular flexibility index (Phi) is 4.53. The zero-order valence-corrected chi connectivity index (χ0v) is 11.9. The minimum Gasteiger partial charge on any atom is -0.422 e. The number of hydrogen-bond donors (Lipinski definition) is 0. The maximum Gasteiger partial charge on any atom is 0.335 e. The number of ether oxygens (including phenoxy) is 1. The van der Waals surface area contributed by atoms with Gasteiger partial charge in [-0.25, -0.2) is 4.79 Å². The van der Waals surface area contributed by atoms with Gasteiger partial charge < -0.3 is 4.74 Å². The Bertz CT molecular complexity index is 591. The Morgan fingerprint density at radius 2 is 1.89 bits per heavy atom. The van der Waals surface area contributed by atoms with Gasteiger partial charge in [-0.15, -0.1) is 0 Å². The van der Waals surface area contributed by atoms with Gasteiger partial charge >= 0.3 is 5.97 Å². The first-order valence-corrected chi connectivity index (χ1v) is 6.65. The summed E-state index contributed by atoms with van der Waals surface area (Å²) in [5, 5.41) is 0. The van der Waals surface area contributed by atoms with E-state index >= 15 is 0 Å². The van der Waals surface area contributed by atoms with Crippen molar-refractivity contribution in [3.05, 3.63) is 76.8 Å². The molecule has 0 radical (unpaired) electrons. The number of hydrogen-bond acceptors (Lipinski definition) is 2. The van der Waals surface area contributed by atoms with E-state index in [1.807, 2.05) is 30.3 Å². The number of halogens is 1. The monoisotopic (exact) mass is 316 g/mol. The Hall–Kier alpha value is -1.87. The van der Waals surface area contributed by atoms with Gasteiger partial charge in [-0.3, -0.25) is 0 Å². The number of carbonyl (C=O) groups is 1. The zero-order valence-electron chi connectivity index (χ0n) is 10.3. The van der Waals surface area contributed by atoms with E-state index in [2.05, 4.69) is 34.6 Å². The summed E-state index contributed by atoms with van der Waals surface area (Å²) in [6.45, 7) is 3.39. The molecule has 2 rings (SSSR count). The van der Waals surface area contributed by atoms with Crippen LogP contribution in [0.2, 0.25) is 0 Å². The van der Waals surface area contributed by atoms with Crippen LogP contribution in [-0.2, 0) is 11.2 Å². The van der Waals surface area contributed by atoms with Crippen LogP contribution >= 0.6 is 15.9 Å². The van der Waals surface area contributed by atoms with Crippen molar-refractivity contribution in [2.45, 2.75) is 6.42 Å². The Labute approximate surface area is 120 Å². The fourth-order valence-electron chi connectivity index (χ4n) is 1.74. The first kappa shape index (κ1) is 13.6. The van der Waals surface area contributed by atoms with E-state index in [-0.39, 0.29) is 0 Å². The largest absolute Gasteiger partial charge is 0.422 e. The van der Waals surface area contributed by atoms with Crippen LogP contribution in [0.5, 0.6) is 5.75 Å². The molecule has 0 saturated carbocycles. The maximum atomic E-state index is 11.2. The summed E-state index contributed by atoms with van der Waals surface area (Å²) < 4.78 is 5.97. The Morgan fingerprint density at radius 1 is 1.16 bits per heavy atom. The number of benzene rings is 2. The van der Waals surface area contributed by atoms with E-state index in [4.69, 9.17) is 4.74 Å². The lowest BCUT2D eigenvalue weighted by Gasteiger charge is -2.09. The third-order valence-electron chi connectivity index (χ3n) is 2.66. The van der Waals surface area contributed by atoms with Gasteiger partial charge in [-0.05, 0) is 39.5 Å². The van der Waals surface area contributed by atoms with Crippen molar-refractivity contribution in [1.29, 1.82) is 0 Å². The predicted molar refractivity (Wildman–Crippen MR) is 79.2 cm³/mol. The van der Waals surface area contributed by atoms with E-state index in [0.717, 1.165) is 22.5 Å². The van der Waals surface area contributed by atoms with Crippen LogP contribution in [0.15, 0.2) is 65.7 Å². The van der Waals surface area contributed by atoms with Crippen molar-refractivity contribution in [2.24, 2.45) is 0 Å². The molecule has 0 atom stereocenters. The molecule has 0 N–H and O–H groups in total. The average molecular weight is 317 g/mol. The van der Waals surface area contributed by atoms with Crippen LogP contribution in [0.25, 0.3) is 0 Å². The quantitative estimate of drug-likeness (QED) is 0.481. The predicted octanol–water partition coefficient (Wildman–Crippen LogP) is 4.13. The molecule has 0 saturated heterocycles. The molecule has 3 heteroatoms. The summed E-state index contributed by atoms with van der Waals surface area (Å²) in [4.78, 5) is 11.2. The van der Waals surface area contributed by atoms with E-state index < -0.39 is 5.97 Å². The zero-order chi connectivity index (χ0) is 13.7. The van der Waals surface area contributed by atoms with Gasteiger partial charge in [0.05, 0.1) is 4.47 Å². The number of carbonyl (C=O) groups excluding carboxylic acids is 1. The standard InChI is InChI=1S/C16H13BrO2/c1-2-15(18)19-14-10-6-9-13(16(14)17)11-12-7-4-3-5-8-12/h2-10H,1,11H2. The fourth-order valence-corrected chi connectivity index (χ4v) is 2.22. The summed E-state index contributed by atoms with van der Waals surface area (Å²) >= 11 is 3.48. The molecule has 0 heterocycles. The van der Waals surface area contributed by atoms with Crippen LogP contribution in [0.1, 0.15) is 11.1 Å². The fraction of sp³-hybridized carbons (Fsp3) is 0.0625. The average Bonchev–Trinajstić information content (AvgIpc) is 2.44. The topological polar surface area (TPSA) is 26.3 Å². The second kappa shape index (κ2) is 6.34. The van der Waals surface area contributed by atoms with Crippen LogP contribution in [0.4, 0.5) is 0 Å². The second-order valence-electron chi connectivity index (χ2n) is 4.02. The number of rotatable bonds is 4. The lowest BCUT2D eigenvalue weighted by molar-refractivity contribution is -0.129. The molecule has 2 aromatic carbocycles. The van der Waals surface area contributed by atoms with Gasteiger partial charge in [0.25, 0.3) is 0 Å². The Balaban J connectivity index is 2.25. The summed E-state index contributed by atoms with van der Waals surface area (Å²) in [7, 11) is 0. The molecule has 0 aliphatic heterocycles. The number of esters is 1. The molecule has 2 aromatic rings. The summed E-state index contributed by atoms with van der Waals surface area (Å²) in [6.07, 6.45) is 1.93. The third-order valence-corrected chi connectivity index (χ3v) is 3.56. The van der Waals surface area contributed by atoms with Crippen molar-refractivity contribution in [3.63, 3.8) is 0 Å². The van der Waals surface area contributed by atoms with Gasteiger partial charge in [-0.1, -0.05) is 49.0 Å². The highest BCUT2D eigenvalue weighted by Gasteiger charge is 2.09. The Morgan fingerprint density at radius 3 is 2.58 bits per heavy atom. The van der Waals surface area contributed by atoms with Gasteiger partial charge in [0.15, 0.2) is 0 Å². The van der Waals surface area contributed by atoms with Crippen molar-refractivity contribution < 1.29 is 9.53 Å². The van der Waals surface area contributed by atoms with Crippen LogP contribution in [0.3, 0.4) is 0 Å². The van der Waals surface area contributed by atoms with Gasteiger partial charge in [-0.2, -0.15) is 0 Å². The van der Waals surface area contributed by atoms with Crippen molar-refractivity contribution in [3.8, 4) is 5.75 Å². The lowest BCUT2D eigenvalue weighted by atomic mass is 10.1. The normalized spacial score (nSPS) is 9.95. The molecular formula is C16H13BrO2. The van der Waals surface area contributed by atoms with Crippen molar-refractivity contribution >= 4 is 21.9 Å². The molecule has 19 heavy (non-hydrogen) atoms. The second-order valence-corrected chi connectivity index (χ2v) is 4.81. The lowest BCUT2D eigenvalue weighted by Crippen LogP contribution is -2.04. The van der Waals surface area contributed by atoms with E-state index in [9.17, 15) is 4.79 Å². The summed E-state index contributed by atoms with van der Waals surface area (Å²) in [5.74, 6) is 0.0518.